The van der Waals surface area contributed by atoms with Gasteiger partial charge in [0.1, 0.15) is 0 Å². The molecule has 152 valence electrons. The van der Waals surface area contributed by atoms with Gasteiger partial charge < -0.3 is 5.32 Å². The summed E-state index contributed by atoms with van der Waals surface area (Å²) in [5, 5.41) is 2.65. The van der Waals surface area contributed by atoms with Crippen LogP contribution < -0.4 is 10.0 Å². The number of amides is 1. The fourth-order valence-corrected chi connectivity index (χ4v) is 4.32. The van der Waals surface area contributed by atoms with Crippen molar-refractivity contribution in [2.24, 2.45) is 0 Å². The number of sulfonamides is 1. The van der Waals surface area contributed by atoms with E-state index >= 15 is 0 Å². The molecule has 0 aliphatic rings. The van der Waals surface area contributed by atoms with E-state index < -0.39 is 39.1 Å². The first-order valence-electron chi connectivity index (χ1n) is 8.39. The molecule has 2 rings (SSSR count). The fourth-order valence-electron chi connectivity index (χ4n) is 2.45. The van der Waals surface area contributed by atoms with Crippen LogP contribution in [0.3, 0.4) is 0 Å². The smallest absolute Gasteiger partial charge is 0.252 e. The van der Waals surface area contributed by atoms with Crippen LogP contribution in [0.15, 0.2) is 45.8 Å². The number of carbonyl (C=O) groups excluding carboxylic acids is 1. The Hall–Kier alpha value is -1.84. The number of halogens is 3. The second-order valence-corrected chi connectivity index (χ2v) is 9.90. The van der Waals surface area contributed by atoms with Crippen molar-refractivity contribution in [3.63, 3.8) is 0 Å². The Morgan fingerprint density at radius 3 is 2.29 bits per heavy atom. The Labute approximate surface area is 171 Å². The van der Waals surface area contributed by atoms with Gasteiger partial charge >= 0.3 is 0 Å². The van der Waals surface area contributed by atoms with Crippen LogP contribution in [0, 0.1) is 11.6 Å². The predicted octanol–water partition coefficient (Wildman–Crippen LogP) is 4.30. The van der Waals surface area contributed by atoms with E-state index in [0.29, 0.717) is 10.0 Å². The molecule has 2 aromatic carbocycles. The average molecular weight is 475 g/mol. The van der Waals surface area contributed by atoms with Gasteiger partial charge in [0.15, 0.2) is 11.6 Å². The Morgan fingerprint density at radius 2 is 1.71 bits per heavy atom. The molecule has 9 heteroatoms. The van der Waals surface area contributed by atoms with E-state index in [-0.39, 0.29) is 10.5 Å². The summed E-state index contributed by atoms with van der Waals surface area (Å²) in [6.45, 7) is 6.74. The molecule has 0 spiro atoms. The van der Waals surface area contributed by atoms with E-state index in [1.54, 1.807) is 27.7 Å². The monoisotopic (exact) mass is 474 g/mol. The van der Waals surface area contributed by atoms with Crippen molar-refractivity contribution in [1.82, 2.24) is 10.0 Å². The van der Waals surface area contributed by atoms with E-state index in [1.807, 2.05) is 0 Å². The van der Waals surface area contributed by atoms with E-state index in [1.165, 1.54) is 24.3 Å². The molecule has 0 aliphatic heterocycles. The van der Waals surface area contributed by atoms with Crippen LogP contribution in [0.4, 0.5) is 8.78 Å². The molecule has 1 unspecified atom stereocenters. The van der Waals surface area contributed by atoms with Crippen LogP contribution in [-0.4, -0.2) is 19.9 Å². The zero-order valence-corrected chi connectivity index (χ0v) is 18.2. The largest absolute Gasteiger partial charge is 0.345 e. The Balaban J connectivity index is 2.29. The molecule has 0 heterocycles. The Morgan fingerprint density at radius 1 is 1.07 bits per heavy atom. The summed E-state index contributed by atoms with van der Waals surface area (Å²) in [6, 6.07) is 6.83. The summed E-state index contributed by atoms with van der Waals surface area (Å²) in [4.78, 5) is 12.6. The van der Waals surface area contributed by atoms with Gasteiger partial charge in [-0.3, -0.25) is 4.79 Å². The van der Waals surface area contributed by atoms with Gasteiger partial charge in [0, 0.05) is 10.0 Å². The minimum atomic E-state index is -3.82. The van der Waals surface area contributed by atoms with Crippen molar-refractivity contribution in [2.45, 2.75) is 44.2 Å². The van der Waals surface area contributed by atoms with Crippen LogP contribution in [0.1, 0.15) is 49.7 Å². The molecule has 0 aliphatic carbocycles. The van der Waals surface area contributed by atoms with E-state index in [9.17, 15) is 22.0 Å². The maximum absolute atomic E-state index is 13.4. The molecular weight excluding hydrogens is 454 g/mol. The third-order valence-electron chi connectivity index (χ3n) is 3.72. The first-order chi connectivity index (χ1) is 12.8. The number of nitrogens with one attached hydrogen (secondary N) is 2. The predicted molar refractivity (Wildman–Crippen MR) is 106 cm³/mol. The molecule has 0 radical (unpaired) electrons. The van der Waals surface area contributed by atoms with Crippen molar-refractivity contribution in [3.05, 3.63) is 63.6 Å². The van der Waals surface area contributed by atoms with Crippen LogP contribution in [0.25, 0.3) is 0 Å². The van der Waals surface area contributed by atoms with Gasteiger partial charge in [0.25, 0.3) is 5.91 Å². The lowest BCUT2D eigenvalue weighted by molar-refractivity contribution is 0.0939. The minimum Gasteiger partial charge on any atom is -0.345 e. The van der Waals surface area contributed by atoms with Gasteiger partial charge in [-0.25, -0.2) is 21.9 Å². The highest BCUT2D eigenvalue weighted by Gasteiger charge is 2.24. The molecule has 2 aromatic rings. The average Bonchev–Trinajstić information content (AvgIpc) is 2.55. The summed E-state index contributed by atoms with van der Waals surface area (Å²) in [7, 11) is -3.82. The maximum atomic E-state index is 13.4. The number of benzene rings is 2. The van der Waals surface area contributed by atoms with Gasteiger partial charge in [-0.05, 0) is 79.5 Å². The van der Waals surface area contributed by atoms with Gasteiger partial charge in [-0.2, -0.15) is 0 Å². The molecule has 0 aromatic heterocycles. The first kappa shape index (κ1) is 22.4. The zero-order chi connectivity index (χ0) is 21.3. The first-order valence-corrected chi connectivity index (χ1v) is 10.7. The highest BCUT2D eigenvalue weighted by atomic mass is 79.9. The van der Waals surface area contributed by atoms with Crippen molar-refractivity contribution in [3.8, 4) is 0 Å². The summed E-state index contributed by atoms with van der Waals surface area (Å²) >= 11 is 3.24. The van der Waals surface area contributed by atoms with E-state index in [2.05, 4.69) is 26.0 Å². The summed E-state index contributed by atoms with van der Waals surface area (Å²) in [5.74, 6) is -2.55. The number of hydrogen-bond acceptors (Lipinski definition) is 3. The summed E-state index contributed by atoms with van der Waals surface area (Å²) in [6.07, 6.45) is 0. The van der Waals surface area contributed by atoms with Gasteiger partial charge in [0.2, 0.25) is 10.0 Å². The van der Waals surface area contributed by atoms with Gasteiger partial charge in [-0.1, -0.05) is 6.07 Å². The molecule has 1 amide bonds. The third kappa shape index (κ3) is 5.59. The van der Waals surface area contributed by atoms with Crippen molar-refractivity contribution >= 4 is 31.9 Å². The van der Waals surface area contributed by atoms with Crippen LogP contribution >= 0.6 is 15.9 Å². The zero-order valence-electron chi connectivity index (χ0n) is 15.8. The van der Waals surface area contributed by atoms with Gasteiger partial charge in [0.05, 0.1) is 16.5 Å². The Kier molecular flexibility index (Phi) is 6.62. The lowest BCUT2D eigenvalue weighted by Crippen LogP contribution is -2.40. The molecule has 28 heavy (non-hydrogen) atoms. The lowest BCUT2D eigenvalue weighted by atomic mass is 10.1. The topological polar surface area (TPSA) is 75.3 Å². The van der Waals surface area contributed by atoms with Gasteiger partial charge in [-0.15, -0.1) is 0 Å². The van der Waals surface area contributed by atoms with E-state index in [4.69, 9.17) is 0 Å². The summed E-state index contributed by atoms with van der Waals surface area (Å²) < 4.78 is 54.4. The molecule has 1 atom stereocenters. The van der Waals surface area contributed by atoms with Crippen molar-refractivity contribution < 1.29 is 22.0 Å². The lowest BCUT2D eigenvalue weighted by Gasteiger charge is -2.21. The molecule has 0 saturated heterocycles. The second kappa shape index (κ2) is 8.26. The molecule has 2 N–H and O–H groups in total. The number of carbonyl (C=O) groups is 1. The molecular formula is C19H21BrF2N2O3S. The quantitative estimate of drug-likeness (QED) is 0.678. The van der Waals surface area contributed by atoms with Crippen LogP contribution in [0.2, 0.25) is 0 Å². The second-order valence-electron chi connectivity index (χ2n) is 7.37. The molecule has 0 saturated carbocycles. The standard InChI is InChI=1S/C19H21BrF2N2O3S/c1-11(12-5-8-16(21)17(22)9-12)23-18(25)14-10-13(6-7-15(14)20)28(26,27)24-19(2,3)4/h5-11,24H,1-4H3,(H,23,25). The molecule has 0 fully saturated rings. The minimum absolute atomic E-state index is 0.0590. The molecule has 5 nitrogen and oxygen atoms in total. The number of hydrogen-bond donors (Lipinski definition) is 2. The van der Waals surface area contributed by atoms with E-state index in [0.717, 1.165) is 12.1 Å². The number of rotatable bonds is 5. The Bertz CT molecular complexity index is 1000. The maximum Gasteiger partial charge on any atom is 0.252 e. The van der Waals surface area contributed by atoms with Crippen LogP contribution in [-0.2, 0) is 10.0 Å². The van der Waals surface area contributed by atoms with Crippen molar-refractivity contribution in [2.75, 3.05) is 0 Å². The summed E-state index contributed by atoms with van der Waals surface area (Å²) in [5.41, 5.74) is -0.206. The third-order valence-corrected chi connectivity index (χ3v) is 6.17. The van der Waals surface area contributed by atoms with Crippen molar-refractivity contribution in [1.29, 1.82) is 0 Å². The highest BCUT2D eigenvalue weighted by Crippen LogP contribution is 2.23. The highest BCUT2D eigenvalue weighted by molar-refractivity contribution is 9.10. The molecule has 0 bridgehead atoms. The fraction of sp³-hybridized carbons (Fsp3) is 0.316. The van der Waals surface area contributed by atoms with Crippen LogP contribution in [0.5, 0.6) is 0 Å². The normalized spacial score (nSPS) is 13.2. The SMILES string of the molecule is CC(NC(=O)c1cc(S(=O)(=O)NC(C)(C)C)ccc1Br)c1ccc(F)c(F)c1.